The number of Topliss-reactive ketones (excluding diaryl/α,β-unsaturated/α-hetero) is 1. The van der Waals surface area contributed by atoms with Gasteiger partial charge >= 0.3 is 0 Å². The lowest BCUT2D eigenvalue weighted by Gasteiger charge is -2.21. The highest BCUT2D eigenvalue weighted by molar-refractivity contribution is 6.33. The molecule has 4 nitrogen and oxygen atoms in total. The molecule has 39 heavy (non-hydrogen) atoms. The summed E-state index contributed by atoms with van der Waals surface area (Å²) in [6.45, 7) is 22.2. The van der Waals surface area contributed by atoms with Crippen LogP contribution in [0.5, 0.6) is 5.75 Å². The van der Waals surface area contributed by atoms with Crippen molar-refractivity contribution >= 4 is 39.9 Å². The van der Waals surface area contributed by atoms with Crippen LogP contribution in [0.4, 0.5) is 5.69 Å². The molecule has 0 radical (unpaired) electrons. The number of nitrogens with zero attached hydrogens (tertiary/aromatic N) is 1. The molecule has 202 valence electrons. The molecule has 3 aromatic rings. The van der Waals surface area contributed by atoms with Crippen molar-refractivity contribution in [1.82, 2.24) is 4.90 Å². The second-order valence-electron chi connectivity index (χ2n) is 10.2. The first-order valence-electron chi connectivity index (χ1n) is 12.7. The van der Waals surface area contributed by atoms with Gasteiger partial charge in [0, 0.05) is 52.9 Å². The predicted molar refractivity (Wildman–Crippen MR) is 168 cm³/mol. The van der Waals surface area contributed by atoms with Crippen molar-refractivity contribution in [2.24, 2.45) is 0 Å². The summed E-state index contributed by atoms with van der Waals surface area (Å²) in [7, 11) is 3.96. The van der Waals surface area contributed by atoms with E-state index in [2.05, 4.69) is 31.6 Å². The van der Waals surface area contributed by atoms with E-state index in [0.29, 0.717) is 16.3 Å². The number of rotatable bonds is 11. The normalized spacial score (nSPS) is 10.6. The first kappa shape index (κ1) is 29.5. The van der Waals surface area contributed by atoms with Crippen LogP contribution < -0.4 is 5.32 Å². The van der Waals surface area contributed by atoms with Crippen molar-refractivity contribution in [1.29, 1.82) is 0 Å². The number of halogens is 1. The highest BCUT2D eigenvalue weighted by Crippen LogP contribution is 2.37. The Morgan fingerprint density at radius 2 is 1.59 bits per heavy atom. The van der Waals surface area contributed by atoms with Gasteiger partial charge in [-0.25, -0.2) is 0 Å². The number of aromatic hydroxyl groups is 1. The van der Waals surface area contributed by atoms with E-state index in [-0.39, 0.29) is 17.1 Å². The van der Waals surface area contributed by atoms with Crippen molar-refractivity contribution in [3.8, 4) is 16.9 Å². The molecule has 3 rings (SSSR count). The summed E-state index contributed by atoms with van der Waals surface area (Å²) in [6, 6.07) is 15.3. The topological polar surface area (TPSA) is 52.6 Å². The number of phenols is 1. The maximum absolute atomic E-state index is 12.0. The number of hydrogen-bond donors (Lipinski definition) is 2. The Balaban J connectivity index is 2.09. The minimum Gasteiger partial charge on any atom is -0.507 e. The fraction of sp³-hybridized carbons (Fsp3) is 0.206. The van der Waals surface area contributed by atoms with Crippen molar-refractivity contribution in [3.63, 3.8) is 0 Å². The number of aryl methyl sites for hydroxylation is 1. The molecular weight excluding hydrogens is 504 g/mol. The SMILES string of the molecule is C=C(CCC(=C)N(C)C)c1ccc(-c2ccc(C)cc2Cl)cc1NC(=C)c1cc(O)c(C(C)=O)cc1C(=C)C. The van der Waals surface area contributed by atoms with Crippen LogP contribution in [0.3, 0.4) is 0 Å². The lowest BCUT2D eigenvalue weighted by atomic mass is 9.93. The fourth-order valence-electron chi connectivity index (χ4n) is 4.33. The number of allylic oxidation sites excluding steroid dienone is 3. The molecule has 3 aromatic carbocycles. The number of nitrogens with one attached hydrogen (secondary N) is 1. The smallest absolute Gasteiger partial charge is 0.163 e. The Morgan fingerprint density at radius 1 is 0.897 bits per heavy atom. The Hall–Kier alpha value is -4.02. The molecule has 0 unspecified atom stereocenters. The van der Waals surface area contributed by atoms with E-state index in [4.69, 9.17) is 11.6 Å². The van der Waals surface area contributed by atoms with Crippen LogP contribution in [0.1, 0.15) is 59.3 Å². The van der Waals surface area contributed by atoms with Gasteiger partial charge in [0.15, 0.2) is 5.78 Å². The van der Waals surface area contributed by atoms with Crippen molar-refractivity contribution in [2.75, 3.05) is 19.4 Å². The van der Waals surface area contributed by atoms with E-state index in [9.17, 15) is 9.90 Å². The summed E-state index contributed by atoms with van der Waals surface area (Å²) < 4.78 is 0. The van der Waals surface area contributed by atoms with Gasteiger partial charge in [-0.05, 0) is 80.1 Å². The average molecular weight is 541 g/mol. The van der Waals surface area contributed by atoms with Crippen molar-refractivity contribution < 1.29 is 9.90 Å². The highest BCUT2D eigenvalue weighted by Gasteiger charge is 2.17. The summed E-state index contributed by atoms with van der Waals surface area (Å²) in [6.07, 6.45) is 1.51. The lowest BCUT2D eigenvalue weighted by molar-refractivity contribution is 0.101. The zero-order chi connectivity index (χ0) is 29.0. The van der Waals surface area contributed by atoms with Crippen LogP contribution in [-0.4, -0.2) is 29.9 Å². The van der Waals surface area contributed by atoms with Crippen LogP contribution >= 0.6 is 11.6 Å². The van der Waals surface area contributed by atoms with E-state index in [0.717, 1.165) is 63.2 Å². The number of carbonyl (C=O) groups excluding carboxylic acids is 1. The molecule has 0 heterocycles. The van der Waals surface area contributed by atoms with Gasteiger partial charge in [-0.2, -0.15) is 0 Å². The summed E-state index contributed by atoms with van der Waals surface area (Å²) >= 11 is 6.61. The Labute approximate surface area is 237 Å². The molecule has 0 atom stereocenters. The molecular formula is C34H37ClN2O2. The number of carbonyl (C=O) groups is 1. The molecule has 5 heteroatoms. The minimum absolute atomic E-state index is 0.0996. The molecule has 0 fully saturated rings. The molecule has 2 N–H and O–H groups in total. The quantitative estimate of drug-likeness (QED) is 0.238. The van der Waals surface area contributed by atoms with Gasteiger partial charge in [-0.15, -0.1) is 0 Å². The zero-order valence-electron chi connectivity index (χ0n) is 23.5. The van der Waals surface area contributed by atoms with Crippen LogP contribution in [-0.2, 0) is 0 Å². The molecule has 0 spiro atoms. The van der Waals surface area contributed by atoms with Crippen LogP contribution in [0.15, 0.2) is 80.5 Å². The van der Waals surface area contributed by atoms with Gasteiger partial charge in [0.05, 0.1) is 5.56 Å². The molecule has 0 aliphatic carbocycles. The van der Waals surface area contributed by atoms with Gasteiger partial charge in [0.25, 0.3) is 0 Å². The number of hydrogen-bond acceptors (Lipinski definition) is 4. The van der Waals surface area contributed by atoms with Crippen LogP contribution in [0.2, 0.25) is 5.02 Å². The highest BCUT2D eigenvalue weighted by atomic mass is 35.5. The third-order valence-electron chi connectivity index (χ3n) is 6.77. The number of ketones is 1. The standard InChI is InChI=1S/C34H37ClN2O2/c1-20(2)29-18-31(25(7)38)34(39)19-30(29)24(6)36-33-17-26(28-14-10-21(3)16-32(28)35)13-15-27(33)22(4)11-12-23(5)37(8)9/h10,13-19,36,39H,1,4-6,11-12H2,2-3,7-9H3. The van der Waals surface area contributed by atoms with Gasteiger partial charge in [-0.3, -0.25) is 4.79 Å². The summed E-state index contributed by atoms with van der Waals surface area (Å²) in [5, 5.41) is 14.7. The number of benzene rings is 3. The number of phenolic OH excluding ortho intramolecular Hbond substituents is 1. The summed E-state index contributed by atoms with van der Waals surface area (Å²) in [5.41, 5.74) is 9.60. The molecule has 0 aliphatic heterocycles. The Morgan fingerprint density at radius 3 is 2.18 bits per heavy atom. The average Bonchev–Trinajstić information content (AvgIpc) is 2.86. The van der Waals surface area contributed by atoms with E-state index in [1.54, 1.807) is 12.1 Å². The molecule has 0 aliphatic rings. The third kappa shape index (κ3) is 6.90. The third-order valence-corrected chi connectivity index (χ3v) is 7.08. The molecule has 0 saturated heterocycles. The van der Waals surface area contributed by atoms with E-state index < -0.39 is 0 Å². The maximum atomic E-state index is 12.0. The van der Waals surface area contributed by atoms with E-state index >= 15 is 0 Å². The van der Waals surface area contributed by atoms with E-state index in [1.165, 1.54) is 6.92 Å². The van der Waals surface area contributed by atoms with Crippen LogP contribution in [0.25, 0.3) is 28.0 Å². The Bertz CT molecular complexity index is 1500. The fourth-order valence-corrected chi connectivity index (χ4v) is 4.68. The maximum Gasteiger partial charge on any atom is 0.163 e. The largest absolute Gasteiger partial charge is 0.507 e. The van der Waals surface area contributed by atoms with Crippen molar-refractivity contribution in [3.05, 3.63) is 113 Å². The zero-order valence-corrected chi connectivity index (χ0v) is 24.3. The van der Waals surface area contributed by atoms with Gasteiger partial charge in [-0.1, -0.05) is 67.8 Å². The van der Waals surface area contributed by atoms with Crippen molar-refractivity contribution in [2.45, 2.75) is 33.6 Å². The number of anilines is 1. The lowest BCUT2D eigenvalue weighted by Crippen LogP contribution is -2.10. The predicted octanol–water partition coefficient (Wildman–Crippen LogP) is 9.21. The monoisotopic (exact) mass is 540 g/mol. The first-order valence-corrected chi connectivity index (χ1v) is 13.1. The first-order chi connectivity index (χ1) is 18.3. The second kappa shape index (κ2) is 12.2. The Kier molecular flexibility index (Phi) is 9.26. The summed E-state index contributed by atoms with van der Waals surface area (Å²) in [5.74, 6) is -0.321. The van der Waals surface area contributed by atoms with Gasteiger partial charge in [0.1, 0.15) is 5.75 Å². The molecule has 0 saturated carbocycles. The second-order valence-corrected chi connectivity index (χ2v) is 10.6. The van der Waals surface area contributed by atoms with Gasteiger partial charge < -0.3 is 15.3 Å². The minimum atomic E-state index is -0.222. The van der Waals surface area contributed by atoms with Crippen LogP contribution in [0, 0.1) is 6.92 Å². The van der Waals surface area contributed by atoms with E-state index in [1.807, 2.05) is 69.2 Å². The van der Waals surface area contributed by atoms with Gasteiger partial charge in [0.2, 0.25) is 0 Å². The molecule has 0 amide bonds. The molecule has 0 bridgehead atoms. The summed E-state index contributed by atoms with van der Waals surface area (Å²) in [4.78, 5) is 14.1. The molecule has 0 aromatic heterocycles.